The Labute approximate surface area is 97.1 Å². The van der Waals surface area contributed by atoms with Crippen LogP contribution in [0.25, 0.3) is 0 Å². The minimum absolute atomic E-state index is 0.185. The van der Waals surface area contributed by atoms with Crippen LogP contribution in [0.2, 0.25) is 0 Å². The van der Waals surface area contributed by atoms with Crippen molar-refractivity contribution in [3.63, 3.8) is 0 Å². The third-order valence-corrected chi connectivity index (χ3v) is 2.21. The van der Waals surface area contributed by atoms with Gasteiger partial charge >= 0.3 is 0 Å². The summed E-state index contributed by atoms with van der Waals surface area (Å²) >= 11 is 0. The number of hydrogen-bond acceptors (Lipinski definition) is 5. The predicted molar refractivity (Wildman–Crippen MR) is 62.1 cm³/mol. The summed E-state index contributed by atoms with van der Waals surface area (Å²) in [6.45, 7) is 0. The van der Waals surface area contributed by atoms with Crippen molar-refractivity contribution in [3.05, 3.63) is 18.3 Å². The fraction of sp³-hybridized carbons (Fsp3) is 0.200. The number of nitrogens with zero attached hydrogens (tertiary/aromatic N) is 2. The topological polar surface area (TPSA) is 109 Å². The lowest BCUT2D eigenvalue weighted by Crippen LogP contribution is -2.32. The maximum atomic E-state index is 11.7. The maximum Gasteiger partial charge on any atom is 0.271 e. The maximum absolute atomic E-state index is 11.7. The van der Waals surface area contributed by atoms with E-state index >= 15 is 0 Å². The van der Waals surface area contributed by atoms with Crippen LogP contribution in [0.5, 0.6) is 0 Å². The number of nitrogens with one attached hydrogen (secondary N) is 2. The zero-order chi connectivity index (χ0) is 12.3. The highest BCUT2D eigenvalue weighted by atomic mass is 16.2. The van der Waals surface area contributed by atoms with Crippen LogP contribution in [-0.2, 0) is 9.59 Å². The first kappa shape index (κ1) is 11.1. The number of amides is 2. The van der Waals surface area contributed by atoms with E-state index in [0.717, 1.165) is 0 Å². The van der Waals surface area contributed by atoms with Gasteiger partial charge in [-0.1, -0.05) is 0 Å². The second-order valence-electron chi connectivity index (χ2n) is 3.52. The molecule has 17 heavy (non-hydrogen) atoms. The molecule has 0 aliphatic carbocycles. The fourth-order valence-corrected chi connectivity index (χ4v) is 1.32. The molecule has 0 saturated heterocycles. The molecule has 1 aliphatic rings. The Morgan fingerprint density at radius 1 is 1.41 bits per heavy atom. The van der Waals surface area contributed by atoms with Gasteiger partial charge in [0.2, 0.25) is 5.91 Å². The molecular weight excluding hydrogens is 222 g/mol. The lowest BCUT2D eigenvalue weighted by atomic mass is 10.1. The number of anilines is 2. The Bertz CT molecular complexity index is 480. The van der Waals surface area contributed by atoms with Crippen LogP contribution < -0.4 is 16.5 Å². The second kappa shape index (κ2) is 4.60. The van der Waals surface area contributed by atoms with Crippen molar-refractivity contribution in [2.45, 2.75) is 12.8 Å². The van der Waals surface area contributed by atoms with Crippen LogP contribution in [-0.4, -0.2) is 22.5 Å². The quantitative estimate of drug-likeness (QED) is 0.660. The van der Waals surface area contributed by atoms with Crippen molar-refractivity contribution in [3.8, 4) is 0 Å². The van der Waals surface area contributed by atoms with Crippen molar-refractivity contribution < 1.29 is 9.59 Å². The van der Waals surface area contributed by atoms with Gasteiger partial charge < -0.3 is 11.1 Å². The molecule has 2 heterocycles. The van der Waals surface area contributed by atoms with Crippen molar-refractivity contribution in [2.75, 3.05) is 11.1 Å². The number of hydrazone groups is 1. The zero-order valence-electron chi connectivity index (χ0n) is 8.93. The van der Waals surface area contributed by atoms with Gasteiger partial charge in [0.25, 0.3) is 5.91 Å². The van der Waals surface area contributed by atoms with Gasteiger partial charge in [-0.15, -0.1) is 0 Å². The van der Waals surface area contributed by atoms with Crippen molar-refractivity contribution in [1.29, 1.82) is 0 Å². The minimum Gasteiger partial charge on any atom is -0.384 e. The Morgan fingerprint density at radius 2 is 2.24 bits per heavy atom. The third kappa shape index (κ3) is 2.77. The van der Waals surface area contributed by atoms with Gasteiger partial charge in [-0.05, 0) is 12.1 Å². The highest BCUT2D eigenvalue weighted by Crippen LogP contribution is 2.08. The largest absolute Gasteiger partial charge is 0.384 e. The number of hydrogen-bond donors (Lipinski definition) is 3. The highest BCUT2D eigenvalue weighted by molar-refractivity contribution is 6.43. The molecule has 0 unspecified atom stereocenters. The van der Waals surface area contributed by atoms with Crippen LogP contribution in [0.4, 0.5) is 11.5 Å². The summed E-state index contributed by atoms with van der Waals surface area (Å²) < 4.78 is 0. The number of pyridine rings is 1. The predicted octanol–water partition coefficient (Wildman–Crippen LogP) is -0.132. The van der Waals surface area contributed by atoms with Crippen molar-refractivity contribution in [1.82, 2.24) is 10.4 Å². The molecule has 2 amide bonds. The summed E-state index contributed by atoms with van der Waals surface area (Å²) in [6, 6.07) is 3.22. The van der Waals surface area contributed by atoms with Gasteiger partial charge in [0.15, 0.2) is 0 Å². The molecule has 0 saturated carbocycles. The lowest BCUT2D eigenvalue weighted by Gasteiger charge is -2.11. The molecule has 88 valence electrons. The van der Waals surface area contributed by atoms with Crippen LogP contribution in [0.1, 0.15) is 12.8 Å². The Hall–Kier alpha value is -2.44. The summed E-state index contributed by atoms with van der Waals surface area (Å²) in [7, 11) is 0. The van der Waals surface area contributed by atoms with Crippen LogP contribution in [0, 0.1) is 0 Å². The smallest absolute Gasteiger partial charge is 0.271 e. The molecule has 0 aromatic carbocycles. The monoisotopic (exact) mass is 233 g/mol. The summed E-state index contributed by atoms with van der Waals surface area (Å²) in [4.78, 5) is 26.4. The molecule has 0 spiro atoms. The van der Waals surface area contributed by atoms with Crippen LogP contribution in [0.3, 0.4) is 0 Å². The Morgan fingerprint density at radius 3 is 2.82 bits per heavy atom. The van der Waals surface area contributed by atoms with Crippen LogP contribution in [0.15, 0.2) is 23.4 Å². The van der Waals surface area contributed by atoms with E-state index in [9.17, 15) is 9.59 Å². The number of carbonyl (C=O) groups excluding carboxylic acids is 2. The Balaban J connectivity index is 2.02. The number of rotatable bonds is 2. The molecule has 7 nitrogen and oxygen atoms in total. The Kier molecular flexibility index (Phi) is 2.99. The summed E-state index contributed by atoms with van der Waals surface area (Å²) in [6.07, 6.45) is 2.06. The molecule has 0 radical (unpaired) electrons. The minimum atomic E-state index is -0.350. The summed E-state index contributed by atoms with van der Waals surface area (Å²) in [5, 5.41) is 6.30. The molecule has 0 fully saturated rings. The molecule has 0 bridgehead atoms. The summed E-state index contributed by atoms with van der Waals surface area (Å²) in [5.41, 5.74) is 8.51. The van der Waals surface area contributed by atoms with E-state index in [4.69, 9.17) is 5.73 Å². The first-order valence-corrected chi connectivity index (χ1v) is 5.03. The van der Waals surface area contributed by atoms with Gasteiger partial charge in [0, 0.05) is 12.8 Å². The molecule has 0 atom stereocenters. The zero-order valence-corrected chi connectivity index (χ0v) is 8.93. The van der Waals surface area contributed by atoms with Crippen molar-refractivity contribution >= 4 is 29.0 Å². The number of nitrogen functional groups attached to an aromatic ring is 1. The van der Waals surface area contributed by atoms with E-state index < -0.39 is 0 Å². The molecule has 2 rings (SSSR count). The lowest BCUT2D eigenvalue weighted by molar-refractivity contribution is -0.121. The standard InChI is InChI=1S/C10H11N5O2/c11-8-3-1-6(5-12-8)13-10(17)7-2-4-9(16)15-14-7/h1,3,5H,2,4H2,(H2,11,12)(H,13,17)(H,15,16). The second-order valence-corrected chi connectivity index (χ2v) is 3.52. The average molecular weight is 233 g/mol. The number of aromatic nitrogens is 1. The molecule has 1 aromatic heterocycles. The van der Waals surface area contributed by atoms with E-state index in [2.05, 4.69) is 20.8 Å². The van der Waals surface area contributed by atoms with Gasteiger partial charge in [-0.3, -0.25) is 9.59 Å². The average Bonchev–Trinajstić information content (AvgIpc) is 2.33. The van der Waals surface area contributed by atoms with Gasteiger partial charge in [-0.2, -0.15) is 5.10 Å². The fourth-order valence-electron chi connectivity index (χ4n) is 1.32. The normalized spacial score (nSPS) is 14.8. The van der Waals surface area contributed by atoms with E-state index in [-0.39, 0.29) is 18.2 Å². The van der Waals surface area contributed by atoms with Gasteiger partial charge in [0.05, 0.1) is 11.9 Å². The molecule has 1 aliphatic heterocycles. The van der Waals surface area contributed by atoms with Gasteiger partial charge in [-0.25, -0.2) is 10.4 Å². The van der Waals surface area contributed by atoms with E-state index in [0.29, 0.717) is 23.6 Å². The van der Waals surface area contributed by atoms with Crippen LogP contribution >= 0.6 is 0 Å². The molecule has 4 N–H and O–H groups in total. The molecule has 7 heteroatoms. The number of carbonyl (C=O) groups is 2. The third-order valence-electron chi connectivity index (χ3n) is 2.21. The first-order chi connectivity index (χ1) is 8.15. The first-order valence-electron chi connectivity index (χ1n) is 5.03. The SMILES string of the molecule is Nc1ccc(NC(=O)C2=NNC(=O)CC2)cn1. The van der Waals surface area contributed by atoms with E-state index in [1.807, 2.05) is 0 Å². The molecule has 1 aromatic rings. The van der Waals surface area contributed by atoms with Gasteiger partial charge in [0.1, 0.15) is 11.5 Å². The molecular formula is C10H11N5O2. The van der Waals surface area contributed by atoms with E-state index in [1.165, 1.54) is 6.20 Å². The van der Waals surface area contributed by atoms with Crippen molar-refractivity contribution in [2.24, 2.45) is 5.10 Å². The highest BCUT2D eigenvalue weighted by Gasteiger charge is 2.18. The summed E-state index contributed by atoms with van der Waals surface area (Å²) in [5.74, 6) is -0.155. The van der Waals surface area contributed by atoms with E-state index in [1.54, 1.807) is 12.1 Å². The number of nitrogens with two attached hydrogens (primary N) is 1.